The van der Waals surface area contributed by atoms with Crippen LogP contribution in [-0.2, 0) is 15.0 Å². The van der Waals surface area contributed by atoms with E-state index in [9.17, 15) is 14.7 Å². The molecule has 2 rings (SSSR count). The van der Waals surface area contributed by atoms with Crippen LogP contribution in [0.1, 0.15) is 30.4 Å². The molecule has 1 aliphatic rings. The van der Waals surface area contributed by atoms with E-state index in [4.69, 9.17) is 5.11 Å². The highest BCUT2D eigenvalue weighted by atomic mass is 16.4. The van der Waals surface area contributed by atoms with Crippen LogP contribution in [0.15, 0.2) is 24.3 Å². The number of carboxylic acid groups (broad SMARTS) is 2. The summed E-state index contributed by atoms with van der Waals surface area (Å²) in [6.07, 6.45) is 0.980. The molecule has 0 atom stereocenters. The van der Waals surface area contributed by atoms with Crippen molar-refractivity contribution >= 4 is 11.9 Å². The molecule has 1 aromatic carbocycles. The quantitative estimate of drug-likeness (QED) is 0.792. The van der Waals surface area contributed by atoms with Gasteiger partial charge in [-0.3, -0.25) is 9.59 Å². The van der Waals surface area contributed by atoms with E-state index in [0.29, 0.717) is 24.0 Å². The molecule has 1 saturated carbocycles. The molecule has 0 amide bonds. The van der Waals surface area contributed by atoms with E-state index in [1.807, 2.05) is 0 Å². The van der Waals surface area contributed by atoms with Crippen molar-refractivity contribution in [1.29, 1.82) is 0 Å². The Hall–Kier alpha value is -2.28. The molecule has 1 aliphatic carbocycles. The second-order valence-electron chi connectivity index (χ2n) is 4.31. The molecule has 18 heavy (non-hydrogen) atoms. The summed E-state index contributed by atoms with van der Waals surface area (Å²) in [5.41, 5.74) is 0.489. The Morgan fingerprint density at radius 1 is 1.22 bits per heavy atom. The van der Waals surface area contributed by atoms with Crippen molar-refractivity contribution in [3.8, 4) is 11.8 Å². The van der Waals surface area contributed by atoms with Crippen LogP contribution in [0.4, 0.5) is 0 Å². The first-order valence-corrected chi connectivity index (χ1v) is 5.60. The molecule has 0 aromatic heterocycles. The summed E-state index contributed by atoms with van der Waals surface area (Å²) in [4.78, 5) is 21.7. The number of aliphatic carboxylic acids is 2. The first kappa shape index (κ1) is 12.2. The molecule has 1 aromatic rings. The first-order valence-electron chi connectivity index (χ1n) is 5.60. The van der Waals surface area contributed by atoms with Gasteiger partial charge in [-0.15, -0.1) is 0 Å². The van der Waals surface area contributed by atoms with Gasteiger partial charge in [0, 0.05) is 5.56 Å². The third-order valence-corrected chi connectivity index (χ3v) is 3.06. The molecule has 4 nitrogen and oxygen atoms in total. The minimum atomic E-state index is -0.987. The van der Waals surface area contributed by atoms with Gasteiger partial charge in [-0.05, 0) is 24.5 Å². The van der Waals surface area contributed by atoms with Gasteiger partial charge in [0.25, 0.3) is 0 Å². The lowest BCUT2D eigenvalue weighted by molar-refractivity contribution is -0.140. The minimum absolute atomic E-state index is 0.242. The summed E-state index contributed by atoms with van der Waals surface area (Å²) in [6.45, 7) is 0. The van der Waals surface area contributed by atoms with Crippen LogP contribution >= 0.6 is 0 Å². The van der Waals surface area contributed by atoms with Crippen molar-refractivity contribution in [2.75, 3.05) is 0 Å². The molecular weight excluding hydrogens is 232 g/mol. The van der Waals surface area contributed by atoms with Gasteiger partial charge in [0.1, 0.15) is 6.42 Å². The van der Waals surface area contributed by atoms with Crippen molar-refractivity contribution in [3.63, 3.8) is 0 Å². The largest absolute Gasteiger partial charge is 0.481 e. The molecule has 0 heterocycles. The summed E-state index contributed by atoms with van der Waals surface area (Å²) < 4.78 is 0. The molecule has 0 bridgehead atoms. The van der Waals surface area contributed by atoms with Gasteiger partial charge in [0.2, 0.25) is 0 Å². The van der Waals surface area contributed by atoms with Crippen molar-refractivity contribution in [2.24, 2.45) is 0 Å². The highest BCUT2D eigenvalue weighted by molar-refractivity contribution is 5.86. The predicted molar refractivity (Wildman–Crippen MR) is 64.1 cm³/mol. The maximum absolute atomic E-state index is 11.3. The van der Waals surface area contributed by atoms with Crippen LogP contribution in [0.25, 0.3) is 0 Å². The summed E-state index contributed by atoms with van der Waals surface area (Å²) in [5.74, 6) is 3.46. The highest BCUT2D eigenvalue weighted by Gasteiger charge is 2.52. The van der Waals surface area contributed by atoms with Gasteiger partial charge in [-0.1, -0.05) is 30.0 Å². The van der Waals surface area contributed by atoms with Gasteiger partial charge < -0.3 is 10.2 Å². The monoisotopic (exact) mass is 244 g/mol. The van der Waals surface area contributed by atoms with Crippen LogP contribution in [0.3, 0.4) is 0 Å². The average Bonchev–Trinajstić information content (AvgIpc) is 3.10. The van der Waals surface area contributed by atoms with Crippen LogP contribution in [0.5, 0.6) is 0 Å². The zero-order chi connectivity index (χ0) is 13.2. The van der Waals surface area contributed by atoms with E-state index in [1.54, 1.807) is 24.3 Å². The highest BCUT2D eigenvalue weighted by Crippen LogP contribution is 2.49. The minimum Gasteiger partial charge on any atom is -0.481 e. The number of carbonyl (C=O) groups is 2. The molecule has 0 unspecified atom stereocenters. The van der Waals surface area contributed by atoms with Gasteiger partial charge in [-0.2, -0.15) is 0 Å². The van der Waals surface area contributed by atoms with Crippen molar-refractivity contribution < 1.29 is 19.8 Å². The third kappa shape index (κ3) is 2.21. The van der Waals surface area contributed by atoms with E-state index >= 15 is 0 Å². The van der Waals surface area contributed by atoms with Crippen molar-refractivity contribution in [1.82, 2.24) is 0 Å². The topological polar surface area (TPSA) is 74.6 Å². The number of hydrogen-bond acceptors (Lipinski definition) is 2. The second kappa shape index (κ2) is 4.53. The van der Waals surface area contributed by atoms with E-state index in [1.165, 1.54) is 0 Å². The van der Waals surface area contributed by atoms with Gasteiger partial charge in [0.15, 0.2) is 0 Å². The molecule has 92 valence electrons. The Balaban J connectivity index is 2.34. The molecule has 1 fully saturated rings. The SMILES string of the molecule is O=C(O)CC#Cc1ccccc1C1(C(=O)O)CC1. The molecule has 2 N–H and O–H groups in total. The number of rotatable bonds is 3. The van der Waals surface area contributed by atoms with Gasteiger partial charge in [0.05, 0.1) is 5.41 Å². The van der Waals surface area contributed by atoms with Crippen LogP contribution < -0.4 is 0 Å². The zero-order valence-electron chi connectivity index (χ0n) is 9.64. The summed E-state index contributed by atoms with van der Waals surface area (Å²) >= 11 is 0. The molecule has 0 spiro atoms. The van der Waals surface area contributed by atoms with Gasteiger partial charge >= 0.3 is 11.9 Å². The van der Waals surface area contributed by atoms with Crippen LogP contribution in [-0.4, -0.2) is 22.2 Å². The summed E-state index contributed by atoms with van der Waals surface area (Å²) in [5, 5.41) is 17.8. The number of carboxylic acids is 2. The summed E-state index contributed by atoms with van der Waals surface area (Å²) in [6, 6.07) is 7.03. The lowest BCUT2D eigenvalue weighted by atomic mass is 9.91. The van der Waals surface area contributed by atoms with Crippen molar-refractivity contribution in [3.05, 3.63) is 35.4 Å². The van der Waals surface area contributed by atoms with E-state index in [2.05, 4.69) is 11.8 Å². The molecule has 0 saturated heterocycles. The second-order valence-corrected chi connectivity index (χ2v) is 4.31. The Kier molecular flexibility index (Phi) is 3.07. The first-order chi connectivity index (χ1) is 8.56. The number of hydrogen-bond donors (Lipinski definition) is 2. The Morgan fingerprint density at radius 3 is 2.44 bits per heavy atom. The fourth-order valence-corrected chi connectivity index (χ4v) is 1.95. The molecule has 0 aliphatic heterocycles. The number of benzene rings is 1. The van der Waals surface area contributed by atoms with Crippen molar-refractivity contribution in [2.45, 2.75) is 24.7 Å². The summed E-state index contributed by atoms with van der Waals surface area (Å²) in [7, 11) is 0. The van der Waals surface area contributed by atoms with Crippen LogP contribution in [0.2, 0.25) is 0 Å². The Bertz CT molecular complexity index is 559. The Labute approximate surface area is 104 Å². The van der Waals surface area contributed by atoms with E-state index in [-0.39, 0.29) is 6.42 Å². The van der Waals surface area contributed by atoms with E-state index in [0.717, 1.165) is 0 Å². The zero-order valence-corrected chi connectivity index (χ0v) is 9.64. The molecular formula is C14H12O4. The average molecular weight is 244 g/mol. The fourth-order valence-electron chi connectivity index (χ4n) is 1.95. The van der Waals surface area contributed by atoms with E-state index < -0.39 is 17.4 Å². The maximum Gasteiger partial charge on any atom is 0.315 e. The van der Waals surface area contributed by atoms with Gasteiger partial charge in [-0.25, -0.2) is 0 Å². The fraction of sp³-hybridized carbons (Fsp3) is 0.286. The normalized spacial score (nSPS) is 15.3. The standard InChI is InChI=1S/C14H12O4/c15-12(16)7-3-5-10-4-1-2-6-11(10)14(8-9-14)13(17)18/h1-2,4,6H,7-9H2,(H,15,16)(H,17,18). The predicted octanol–water partition coefficient (Wildman–Crippen LogP) is 1.63. The lowest BCUT2D eigenvalue weighted by Gasteiger charge is -2.11. The molecule has 4 heteroatoms. The smallest absolute Gasteiger partial charge is 0.315 e. The third-order valence-electron chi connectivity index (χ3n) is 3.06. The Morgan fingerprint density at radius 2 is 1.89 bits per heavy atom. The van der Waals surface area contributed by atoms with Crippen LogP contribution in [0, 0.1) is 11.8 Å². The maximum atomic E-state index is 11.3. The molecule has 0 radical (unpaired) electrons. The lowest BCUT2D eigenvalue weighted by Crippen LogP contribution is -2.20.